The smallest absolute Gasteiger partial charge is 0.239 e. The first-order valence-electron chi connectivity index (χ1n) is 6.61. The second-order valence-corrected chi connectivity index (χ2v) is 4.76. The highest BCUT2D eigenvalue weighted by Gasteiger charge is 2.27. The number of nitrogens with one attached hydrogen (secondary N) is 1. The van der Waals surface area contributed by atoms with Gasteiger partial charge in [0.1, 0.15) is 0 Å². The molecule has 0 aliphatic rings. The Labute approximate surface area is 105 Å². The van der Waals surface area contributed by atoms with Gasteiger partial charge in [-0.05, 0) is 40.5 Å². The molecule has 0 aromatic carbocycles. The van der Waals surface area contributed by atoms with Crippen LogP contribution in [0, 0.1) is 0 Å². The topological polar surface area (TPSA) is 52.6 Å². The Morgan fingerprint density at radius 3 is 2.24 bits per heavy atom. The number of nitrogens with zero attached hydrogens (tertiary/aromatic N) is 1. The molecule has 4 nitrogen and oxygen atoms in total. The van der Waals surface area contributed by atoms with Crippen LogP contribution >= 0.6 is 0 Å². The number of hydrogen-bond acceptors (Lipinski definition) is 3. The lowest BCUT2D eigenvalue weighted by atomic mass is 9.93. The van der Waals surface area contributed by atoms with Gasteiger partial charge in [-0.25, -0.2) is 0 Å². The second kappa shape index (κ2) is 7.67. The molecule has 17 heavy (non-hydrogen) atoms. The summed E-state index contributed by atoms with van der Waals surface area (Å²) < 4.78 is 0. The van der Waals surface area contributed by atoms with Crippen LogP contribution < -0.4 is 5.32 Å². The Balaban J connectivity index is 4.50. The summed E-state index contributed by atoms with van der Waals surface area (Å²) in [5, 5.41) is 12.4. The van der Waals surface area contributed by atoms with Crippen LogP contribution in [0.3, 0.4) is 0 Å². The Morgan fingerprint density at radius 2 is 1.88 bits per heavy atom. The largest absolute Gasteiger partial charge is 0.396 e. The van der Waals surface area contributed by atoms with Gasteiger partial charge in [-0.2, -0.15) is 0 Å². The molecule has 0 saturated carbocycles. The van der Waals surface area contributed by atoms with Crippen LogP contribution in [0.5, 0.6) is 0 Å². The normalized spacial score (nSPS) is 16.4. The van der Waals surface area contributed by atoms with E-state index in [1.165, 1.54) is 0 Å². The number of carbonyl (C=O) groups excluding carboxylic acids is 1. The predicted octanol–water partition coefficient (Wildman–Crippen LogP) is 1.38. The minimum absolute atomic E-state index is 0.132. The Morgan fingerprint density at radius 1 is 1.35 bits per heavy atom. The van der Waals surface area contributed by atoms with E-state index in [9.17, 15) is 4.79 Å². The molecular weight excluding hydrogens is 216 g/mol. The maximum absolute atomic E-state index is 12.1. The first-order chi connectivity index (χ1) is 7.94. The van der Waals surface area contributed by atoms with E-state index in [4.69, 9.17) is 5.11 Å². The van der Waals surface area contributed by atoms with Crippen molar-refractivity contribution in [2.45, 2.75) is 59.0 Å². The minimum Gasteiger partial charge on any atom is -0.396 e. The Bertz CT molecular complexity index is 229. The van der Waals surface area contributed by atoms with E-state index in [1.807, 2.05) is 25.7 Å². The fraction of sp³-hybridized carbons (Fsp3) is 0.923. The summed E-state index contributed by atoms with van der Waals surface area (Å²) in [6, 6.07) is -0.202. The van der Waals surface area contributed by atoms with Gasteiger partial charge in [0, 0.05) is 25.2 Å². The molecule has 0 aromatic heterocycles. The van der Waals surface area contributed by atoms with Crippen molar-refractivity contribution in [3.63, 3.8) is 0 Å². The number of carbonyl (C=O) groups is 1. The van der Waals surface area contributed by atoms with Crippen molar-refractivity contribution >= 4 is 5.91 Å². The summed E-state index contributed by atoms with van der Waals surface area (Å²) in [7, 11) is 0. The molecule has 2 atom stereocenters. The Hall–Kier alpha value is -0.610. The van der Waals surface area contributed by atoms with Crippen molar-refractivity contribution in [1.29, 1.82) is 0 Å². The van der Waals surface area contributed by atoms with Gasteiger partial charge in [-0.3, -0.25) is 4.79 Å². The number of hydrogen-bond donors (Lipinski definition) is 2. The first kappa shape index (κ1) is 16.4. The van der Waals surface area contributed by atoms with Crippen LogP contribution in [-0.2, 0) is 4.79 Å². The molecule has 0 saturated heterocycles. The van der Waals surface area contributed by atoms with Gasteiger partial charge < -0.3 is 15.3 Å². The third-order valence-electron chi connectivity index (χ3n) is 3.45. The number of aliphatic hydroxyl groups excluding tert-OH is 1. The molecule has 2 unspecified atom stereocenters. The molecule has 0 fully saturated rings. The van der Waals surface area contributed by atoms with Crippen LogP contribution in [0.4, 0.5) is 0 Å². The minimum atomic E-state index is -0.202. The van der Waals surface area contributed by atoms with Crippen LogP contribution in [-0.4, -0.2) is 47.2 Å². The Kier molecular flexibility index (Phi) is 7.39. The van der Waals surface area contributed by atoms with Crippen molar-refractivity contribution in [1.82, 2.24) is 10.2 Å². The van der Waals surface area contributed by atoms with Gasteiger partial charge in [-0.15, -0.1) is 0 Å². The van der Waals surface area contributed by atoms with E-state index < -0.39 is 0 Å². The van der Waals surface area contributed by atoms with E-state index in [2.05, 4.69) is 19.2 Å². The molecular formula is C13H28N2O2. The first-order valence-corrected chi connectivity index (χ1v) is 6.61. The van der Waals surface area contributed by atoms with E-state index in [1.54, 1.807) is 0 Å². The van der Waals surface area contributed by atoms with Crippen LogP contribution in [0.2, 0.25) is 0 Å². The average Bonchev–Trinajstić information content (AvgIpc) is 2.30. The molecule has 1 amide bonds. The summed E-state index contributed by atoms with van der Waals surface area (Å²) in [5.41, 5.74) is -0.170. The molecule has 2 N–H and O–H groups in total. The molecule has 0 spiro atoms. The van der Waals surface area contributed by atoms with Crippen molar-refractivity contribution in [3.05, 3.63) is 0 Å². The number of likely N-dealkylation sites (N-methyl/N-ethyl adjacent to an activating group) is 1. The SMILES string of the molecule is CCN(CC)C(=O)C(C)NC(C)(CC)CCO. The van der Waals surface area contributed by atoms with Crippen molar-refractivity contribution in [2.24, 2.45) is 0 Å². The van der Waals surface area contributed by atoms with Gasteiger partial charge >= 0.3 is 0 Å². The maximum atomic E-state index is 12.1. The average molecular weight is 244 g/mol. The van der Waals surface area contributed by atoms with Crippen molar-refractivity contribution < 1.29 is 9.90 Å². The lowest BCUT2D eigenvalue weighted by molar-refractivity contribution is -0.133. The predicted molar refractivity (Wildman–Crippen MR) is 70.9 cm³/mol. The number of amides is 1. The standard InChI is InChI=1S/C13H28N2O2/c1-6-13(5,9-10-16)14-11(4)12(17)15(7-2)8-3/h11,14,16H,6-10H2,1-5H3. The fourth-order valence-corrected chi connectivity index (χ4v) is 1.99. The molecule has 0 aliphatic carbocycles. The molecule has 0 rings (SSSR count). The highest BCUT2D eigenvalue weighted by molar-refractivity contribution is 5.81. The van der Waals surface area contributed by atoms with Crippen molar-refractivity contribution in [2.75, 3.05) is 19.7 Å². The summed E-state index contributed by atoms with van der Waals surface area (Å²) >= 11 is 0. The van der Waals surface area contributed by atoms with E-state index in [0.29, 0.717) is 6.42 Å². The van der Waals surface area contributed by atoms with Gasteiger partial charge in [-0.1, -0.05) is 6.92 Å². The van der Waals surface area contributed by atoms with E-state index in [0.717, 1.165) is 19.5 Å². The molecule has 102 valence electrons. The third kappa shape index (κ3) is 5.04. The summed E-state index contributed by atoms with van der Waals surface area (Å²) in [6.45, 7) is 11.6. The lowest BCUT2D eigenvalue weighted by Gasteiger charge is -2.34. The molecule has 0 heterocycles. The molecule has 4 heteroatoms. The third-order valence-corrected chi connectivity index (χ3v) is 3.45. The zero-order chi connectivity index (χ0) is 13.5. The molecule has 0 bridgehead atoms. The van der Waals surface area contributed by atoms with Crippen molar-refractivity contribution in [3.8, 4) is 0 Å². The maximum Gasteiger partial charge on any atom is 0.239 e. The molecule has 0 aromatic rings. The quantitative estimate of drug-likeness (QED) is 0.678. The van der Waals surface area contributed by atoms with Crippen LogP contribution in [0.1, 0.15) is 47.5 Å². The monoisotopic (exact) mass is 244 g/mol. The zero-order valence-electron chi connectivity index (χ0n) is 11.9. The lowest BCUT2D eigenvalue weighted by Crippen LogP contribution is -2.53. The molecule has 0 radical (unpaired) electrons. The zero-order valence-corrected chi connectivity index (χ0v) is 11.9. The number of rotatable bonds is 8. The van der Waals surface area contributed by atoms with E-state index >= 15 is 0 Å². The fourth-order valence-electron chi connectivity index (χ4n) is 1.99. The highest BCUT2D eigenvalue weighted by Crippen LogP contribution is 2.15. The summed E-state index contributed by atoms with van der Waals surface area (Å²) in [4.78, 5) is 13.9. The second-order valence-electron chi connectivity index (χ2n) is 4.76. The summed E-state index contributed by atoms with van der Waals surface area (Å²) in [5.74, 6) is 0.132. The summed E-state index contributed by atoms with van der Waals surface area (Å²) in [6.07, 6.45) is 1.56. The van der Waals surface area contributed by atoms with Gasteiger partial charge in [0.2, 0.25) is 5.91 Å². The van der Waals surface area contributed by atoms with Crippen LogP contribution in [0.15, 0.2) is 0 Å². The van der Waals surface area contributed by atoms with Gasteiger partial charge in [0.05, 0.1) is 6.04 Å². The number of aliphatic hydroxyl groups is 1. The molecule has 0 aliphatic heterocycles. The van der Waals surface area contributed by atoms with Crippen LogP contribution in [0.25, 0.3) is 0 Å². The van der Waals surface area contributed by atoms with Gasteiger partial charge in [0.15, 0.2) is 0 Å². The van der Waals surface area contributed by atoms with Gasteiger partial charge in [0.25, 0.3) is 0 Å². The highest BCUT2D eigenvalue weighted by atomic mass is 16.3. The van der Waals surface area contributed by atoms with E-state index in [-0.39, 0.29) is 24.1 Å².